The number of rotatable bonds is 3. The number of aromatic nitrogens is 1. The van der Waals surface area contributed by atoms with E-state index in [9.17, 15) is 14.4 Å². The standard InChI is InChI=1S/C26H27N5O4/c1-26(2,3)35-25(34)31-10-9-18(22(31)15-7-5-4-6-8-15)23(32)29-17-11-19-21-16(13-27-20(21)12-17)14-28-30-24(19)33/h4-8,11-14,18,22,27H,9-10H2,1-3H3,(H,29,32)(H,30,33)/t18-,22+/m1/s1. The summed E-state index contributed by atoms with van der Waals surface area (Å²) < 4.78 is 5.63. The van der Waals surface area contributed by atoms with Crippen LogP contribution in [-0.2, 0) is 9.53 Å². The molecule has 2 atom stereocenters. The number of ether oxygens (including phenoxy) is 1. The predicted molar refractivity (Wildman–Crippen MR) is 132 cm³/mol. The molecule has 180 valence electrons. The number of hydrogen-bond acceptors (Lipinski definition) is 5. The average molecular weight is 474 g/mol. The van der Waals surface area contributed by atoms with Crippen molar-refractivity contribution in [3.8, 4) is 0 Å². The molecule has 3 N–H and O–H groups in total. The fourth-order valence-corrected chi connectivity index (χ4v) is 4.76. The summed E-state index contributed by atoms with van der Waals surface area (Å²) in [5.74, 6) is -1.07. The second kappa shape index (κ2) is 8.57. The smallest absolute Gasteiger partial charge is 0.410 e. The van der Waals surface area contributed by atoms with E-state index < -0.39 is 23.7 Å². The van der Waals surface area contributed by atoms with Crippen LogP contribution in [-0.4, -0.2) is 46.2 Å². The van der Waals surface area contributed by atoms with E-state index >= 15 is 0 Å². The first-order valence-electron chi connectivity index (χ1n) is 11.6. The lowest BCUT2D eigenvalue weighted by molar-refractivity contribution is -0.120. The van der Waals surface area contributed by atoms with Crippen molar-refractivity contribution in [3.05, 3.63) is 65.4 Å². The summed E-state index contributed by atoms with van der Waals surface area (Å²) in [7, 11) is 0. The third-order valence-electron chi connectivity index (χ3n) is 6.20. The van der Waals surface area contributed by atoms with E-state index in [1.165, 1.54) is 0 Å². The maximum absolute atomic E-state index is 13.5. The predicted octanol–water partition coefficient (Wildman–Crippen LogP) is 4.18. The first-order valence-corrected chi connectivity index (χ1v) is 11.6. The first kappa shape index (κ1) is 22.6. The monoisotopic (exact) mass is 473 g/mol. The zero-order chi connectivity index (χ0) is 24.7. The van der Waals surface area contributed by atoms with Gasteiger partial charge in [0.05, 0.1) is 23.7 Å². The number of hydrogen-bond donors (Lipinski definition) is 3. The Morgan fingerprint density at radius 3 is 2.69 bits per heavy atom. The molecular weight excluding hydrogens is 446 g/mol. The summed E-state index contributed by atoms with van der Waals surface area (Å²) in [5.41, 5.74) is 5.13. The van der Waals surface area contributed by atoms with Gasteiger partial charge in [-0.05, 0) is 44.9 Å². The van der Waals surface area contributed by atoms with Crippen LogP contribution in [0.15, 0.2) is 53.8 Å². The number of hydrazone groups is 1. The minimum atomic E-state index is -0.645. The van der Waals surface area contributed by atoms with Gasteiger partial charge in [0.2, 0.25) is 5.91 Å². The molecule has 2 aliphatic rings. The normalized spacial score (nSPS) is 19.4. The van der Waals surface area contributed by atoms with E-state index in [0.717, 1.165) is 22.0 Å². The molecule has 2 aliphatic heterocycles. The zero-order valence-corrected chi connectivity index (χ0v) is 19.8. The van der Waals surface area contributed by atoms with Gasteiger partial charge in [0.1, 0.15) is 5.60 Å². The SMILES string of the molecule is CC(C)(C)OC(=O)N1CC[C@@H](C(=O)Nc2cc3c4c(c[nH]c4c2)C=NNC3=O)[C@@H]1c1ccccc1. The van der Waals surface area contributed by atoms with Gasteiger partial charge in [-0.1, -0.05) is 30.3 Å². The third kappa shape index (κ3) is 4.37. The summed E-state index contributed by atoms with van der Waals surface area (Å²) in [4.78, 5) is 43.8. The van der Waals surface area contributed by atoms with Crippen molar-refractivity contribution in [2.45, 2.75) is 38.8 Å². The fraction of sp³-hybridized carbons (Fsp3) is 0.308. The molecule has 9 heteroatoms. The molecule has 0 saturated carbocycles. The summed E-state index contributed by atoms with van der Waals surface area (Å²) in [6.07, 6.45) is 3.39. The van der Waals surface area contributed by atoms with E-state index in [4.69, 9.17) is 4.74 Å². The Morgan fingerprint density at radius 2 is 1.94 bits per heavy atom. The molecular formula is C26H27N5O4. The van der Waals surface area contributed by atoms with Gasteiger partial charge in [0.15, 0.2) is 0 Å². The molecule has 0 radical (unpaired) electrons. The molecule has 1 saturated heterocycles. The van der Waals surface area contributed by atoms with Crippen LogP contribution in [0.4, 0.5) is 10.5 Å². The van der Waals surface area contributed by atoms with Crippen LogP contribution in [0.2, 0.25) is 0 Å². The van der Waals surface area contributed by atoms with Gasteiger partial charge in [-0.15, -0.1) is 0 Å². The van der Waals surface area contributed by atoms with Gasteiger partial charge in [-0.2, -0.15) is 5.10 Å². The molecule has 35 heavy (non-hydrogen) atoms. The largest absolute Gasteiger partial charge is 0.444 e. The van der Waals surface area contributed by atoms with Crippen LogP contribution in [0.5, 0.6) is 0 Å². The molecule has 3 amide bonds. The highest BCUT2D eigenvalue weighted by atomic mass is 16.6. The van der Waals surface area contributed by atoms with Crippen molar-refractivity contribution < 1.29 is 19.1 Å². The molecule has 2 aromatic carbocycles. The van der Waals surface area contributed by atoms with E-state index in [0.29, 0.717) is 24.2 Å². The number of nitrogens with one attached hydrogen (secondary N) is 3. The van der Waals surface area contributed by atoms with E-state index in [1.54, 1.807) is 29.4 Å². The number of amides is 3. The van der Waals surface area contributed by atoms with Gasteiger partial charge < -0.3 is 19.9 Å². The van der Waals surface area contributed by atoms with Crippen molar-refractivity contribution in [2.75, 3.05) is 11.9 Å². The van der Waals surface area contributed by atoms with Crippen LogP contribution < -0.4 is 10.7 Å². The lowest BCUT2D eigenvalue weighted by Crippen LogP contribution is -2.38. The highest BCUT2D eigenvalue weighted by Crippen LogP contribution is 2.39. The molecule has 0 unspecified atom stereocenters. The van der Waals surface area contributed by atoms with Crippen LogP contribution in [0, 0.1) is 5.92 Å². The number of carbonyl (C=O) groups excluding carboxylic acids is 3. The second-order valence-corrected chi connectivity index (χ2v) is 9.80. The maximum Gasteiger partial charge on any atom is 0.410 e. The Morgan fingerprint density at radius 1 is 1.17 bits per heavy atom. The minimum Gasteiger partial charge on any atom is -0.444 e. The summed E-state index contributed by atoms with van der Waals surface area (Å²) in [6, 6.07) is 12.5. The van der Waals surface area contributed by atoms with Gasteiger partial charge in [-0.25, -0.2) is 10.2 Å². The molecule has 0 aliphatic carbocycles. The van der Waals surface area contributed by atoms with Gasteiger partial charge in [0.25, 0.3) is 5.91 Å². The average Bonchev–Trinajstić information content (AvgIpc) is 3.39. The first-order chi connectivity index (χ1) is 16.7. The van der Waals surface area contributed by atoms with Crippen LogP contribution >= 0.6 is 0 Å². The number of H-pyrrole nitrogens is 1. The molecule has 0 spiro atoms. The van der Waals surface area contributed by atoms with Crippen molar-refractivity contribution in [1.82, 2.24) is 15.3 Å². The molecule has 0 bridgehead atoms. The summed E-state index contributed by atoms with van der Waals surface area (Å²) >= 11 is 0. The molecule has 3 aromatic rings. The topological polar surface area (TPSA) is 116 Å². The van der Waals surface area contributed by atoms with Crippen LogP contribution in [0.3, 0.4) is 0 Å². The molecule has 1 fully saturated rings. The molecule has 5 rings (SSSR count). The molecule has 1 aromatic heterocycles. The Labute approximate surface area is 202 Å². The Kier molecular flexibility index (Phi) is 5.55. The van der Waals surface area contributed by atoms with Gasteiger partial charge >= 0.3 is 6.09 Å². The van der Waals surface area contributed by atoms with E-state index in [2.05, 4.69) is 20.8 Å². The fourth-order valence-electron chi connectivity index (χ4n) is 4.76. The number of carbonyl (C=O) groups is 3. The van der Waals surface area contributed by atoms with Crippen molar-refractivity contribution in [3.63, 3.8) is 0 Å². The lowest BCUT2D eigenvalue weighted by atomic mass is 9.92. The quantitative estimate of drug-likeness (QED) is 0.529. The van der Waals surface area contributed by atoms with Crippen molar-refractivity contribution >= 4 is 40.7 Å². The Bertz CT molecular complexity index is 1340. The van der Waals surface area contributed by atoms with Crippen molar-refractivity contribution in [2.24, 2.45) is 11.0 Å². The third-order valence-corrected chi connectivity index (χ3v) is 6.20. The minimum absolute atomic E-state index is 0.228. The van der Waals surface area contributed by atoms with Crippen LogP contribution in [0.25, 0.3) is 10.9 Å². The zero-order valence-electron chi connectivity index (χ0n) is 19.8. The number of benzene rings is 2. The molecule has 9 nitrogen and oxygen atoms in total. The Hall–Kier alpha value is -4.14. The Balaban J connectivity index is 1.44. The lowest BCUT2D eigenvalue weighted by Gasteiger charge is -2.30. The highest BCUT2D eigenvalue weighted by Gasteiger charge is 2.43. The highest BCUT2D eigenvalue weighted by molar-refractivity contribution is 6.15. The van der Waals surface area contributed by atoms with E-state index in [1.807, 2.05) is 51.1 Å². The number of aromatic amines is 1. The van der Waals surface area contributed by atoms with Gasteiger partial charge in [0, 0.05) is 34.9 Å². The van der Waals surface area contributed by atoms with Crippen LogP contribution in [0.1, 0.15) is 54.7 Å². The second-order valence-electron chi connectivity index (χ2n) is 9.80. The number of likely N-dealkylation sites (tertiary alicyclic amines) is 1. The number of nitrogens with zero attached hydrogens (tertiary/aromatic N) is 2. The maximum atomic E-state index is 13.5. The van der Waals surface area contributed by atoms with Gasteiger partial charge in [-0.3, -0.25) is 9.59 Å². The number of anilines is 1. The summed E-state index contributed by atoms with van der Waals surface area (Å²) in [6.45, 7) is 5.86. The summed E-state index contributed by atoms with van der Waals surface area (Å²) in [5, 5.41) is 7.65. The molecule has 3 heterocycles. The van der Waals surface area contributed by atoms with E-state index in [-0.39, 0.29) is 11.8 Å². The van der Waals surface area contributed by atoms with Crippen molar-refractivity contribution in [1.29, 1.82) is 0 Å².